The van der Waals surface area contributed by atoms with Crippen molar-refractivity contribution in [2.45, 2.75) is 6.92 Å². The Hall–Kier alpha value is -2.17. The number of hydrogen-bond acceptors (Lipinski definition) is 5. The summed E-state index contributed by atoms with van der Waals surface area (Å²) in [6.45, 7) is 1.87. The Bertz CT molecular complexity index is 524. The first kappa shape index (κ1) is 12.3. The first-order valence-electron chi connectivity index (χ1n) is 5.76. The molecule has 0 aliphatic rings. The Labute approximate surface area is 107 Å². The fraction of sp³-hybridized carbons (Fsp3) is 0.308. The maximum Gasteiger partial charge on any atom is 0.234 e. The quantitative estimate of drug-likeness (QED) is 0.825. The molecule has 1 aromatic heterocycles. The van der Waals surface area contributed by atoms with Crippen molar-refractivity contribution in [2.75, 3.05) is 30.9 Å². The van der Waals surface area contributed by atoms with E-state index in [0.717, 1.165) is 5.69 Å². The van der Waals surface area contributed by atoms with Crippen LogP contribution in [0.3, 0.4) is 0 Å². The summed E-state index contributed by atoms with van der Waals surface area (Å²) in [5.74, 6) is 2.03. The number of aryl methyl sites for hydroxylation is 1. The lowest BCUT2D eigenvalue weighted by molar-refractivity contribution is 0.896. The molecule has 1 heterocycles. The summed E-state index contributed by atoms with van der Waals surface area (Å²) in [5.41, 5.74) is 1.05. The van der Waals surface area contributed by atoms with Gasteiger partial charge < -0.3 is 9.80 Å². The van der Waals surface area contributed by atoms with Crippen LogP contribution < -0.4 is 9.80 Å². The minimum absolute atomic E-state index is 0.650. The van der Waals surface area contributed by atoms with Crippen LogP contribution in [0.4, 0.5) is 17.6 Å². The van der Waals surface area contributed by atoms with Crippen molar-refractivity contribution in [2.24, 2.45) is 0 Å². The van der Waals surface area contributed by atoms with E-state index in [2.05, 4.69) is 15.0 Å². The molecule has 5 heteroatoms. The van der Waals surface area contributed by atoms with Gasteiger partial charge in [0.05, 0.1) is 0 Å². The monoisotopic (exact) mass is 243 g/mol. The van der Waals surface area contributed by atoms with E-state index in [1.807, 2.05) is 68.2 Å². The van der Waals surface area contributed by atoms with Gasteiger partial charge in [0.1, 0.15) is 5.82 Å². The molecule has 2 aromatic rings. The highest BCUT2D eigenvalue weighted by Crippen LogP contribution is 2.20. The molecule has 0 saturated heterocycles. The highest BCUT2D eigenvalue weighted by Gasteiger charge is 2.10. The zero-order chi connectivity index (χ0) is 13.1. The summed E-state index contributed by atoms with van der Waals surface area (Å²) in [5, 5.41) is 0. The lowest BCUT2D eigenvalue weighted by Crippen LogP contribution is -2.19. The van der Waals surface area contributed by atoms with Gasteiger partial charge in [0, 0.05) is 26.8 Å². The van der Waals surface area contributed by atoms with Crippen molar-refractivity contribution in [3.8, 4) is 0 Å². The van der Waals surface area contributed by atoms with Crippen LogP contribution in [0.1, 0.15) is 5.82 Å². The molecule has 0 radical (unpaired) electrons. The molecule has 0 aliphatic carbocycles. The highest BCUT2D eigenvalue weighted by molar-refractivity contribution is 5.56. The largest absolute Gasteiger partial charge is 0.347 e. The normalized spacial score (nSPS) is 10.2. The van der Waals surface area contributed by atoms with Crippen molar-refractivity contribution >= 4 is 17.6 Å². The molecule has 0 spiro atoms. The van der Waals surface area contributed by atoms with Crippen LogP contribution in [0, 0.1) is 6.92 Å². The maximum absolute atomic E-state index is 4.44. The number of rotatable bonds is 3. The van der Waals surface area contributed by atoms with Crippen LogP contribution in [0.5, 0.6) is 0 Å². The second-order valence-electron chi connectivity index (χ2n) is 4.27. The van der Waals surface area contributed by atoms with Crippen LogP contribution in [-0.2, 0) is 0 Å². The summed E-state index contributed by atoms with van der Waals surface area (Å²) in [7, 11) is 5.78. The topological polar surface area (TPSA) is 45.2 Å². The van der Waals surface area contributed by atoms with Crippen molar-refractivity contribution in [1.29, 1.82) is 0 Å². The predicted octanol–water partition coefficient (Wildman–Crippen LogP) is 2.01. The number of para-hydroxylation sites is 1. The molecule has 2 rings (SSSR count). The first-order valence-corrected chi connectivity index (χ1v) is 5.76. The Morgan fingerprint density at radius 1 is 0.833 bits per heavy atom. The van der Waals surface area contributed by atoms with Crippen molar-refractivity contribution in [1.82, 2.24) is 15.0 Å². The van der Waals surface area contributed by atoms with E-state index in [4.69, 9.17) is 0 Å². The maximum atomic E-state index is 4.44. The molecule has 94 valence electrons. The molecule has 0 atom stereocenters. The van der Waals surface area contributed by atoms with E-state index in [9.17, 15) is 0 Å². The van der Waals surface area contributed by atoms with E-state index in [1.54, 1.807) is 0 Å². The molecule has 0 aliphatic heterocycles. The average molecular weight is 243 g/mol. The van der Waals surface area contributed by atoms with Gasteiger partial charge in [-0.2, -0.15) is 15.0 Å². The molecule has 5 nitrogen and oxygen atoms in total. The van der Waals surface area contributed by atoms with Crippen molar-refractivity contribution < 1.29 is 0 Å². The van der Waals surface area contributed by atoms with Gasteiger partial charge in [-0.05, 0) is 19.1 Å². The highest BCUT2D eigenvalue weighted by atomic mass is 15.3. The summed E-state index contributed by atoms with van der Waals surface area (Å²) in [6.07, 6.45) is 0. The summed E-state index contributed by atoms with van der Waals surface area (Å²) in [4.78, 5) is 16.9. The van der Waals surface area contributed by atoms with Crippen LogP contribution in [0.25, 0.3) is 0 Å². The zero-order valence-corrected chi connectivity index (χ0v) is 11.1. The van der Waals surface area contributed by atoms with Gasteiger partial charge in [-0.1, -0.05) is 18.2 Å². The van der Waals surface area contributed by atoms with Crippen molar-refractivity contribution in [3.05, 3.63) is 36.2 Å². The third-order valence-electron chi connectivity index (χ3n) is 2.57. The van der Waals surface area contributed by atoms with E-state index in [1.165, 1.54) is 0 Å². The van der Waals surface area contributed by atoms with E-state index in [-0.39, 0.29) is 0 Å². The van der Waals surface area contributed by atoms with Crippen LogP contribution >= 0.6 is 0 Å². The molecule has 0 unspecified atom stereocenters. The molecular weight excluding hydrogens is 226 g/mol. The number of benzene rings is 1. The summed E-state index contributed by atoms with van der Waals surface area (Å²) in [6, 6.07) is 10.0. The van der Waals surface area contributed by atoms with Crippen molar-refractivity contribution in [3.63, 3.8) is 0 Å². The Morgan fingerprint density at radius 2 is 1.44 bits per heavy atom. The second kappa shape index (κ2) is 5.00. The first-order chi connectivity index (χ1) is 8.58. The molecule has 0 saturated carbocycles. The van der Waals surface area contributed by atoms with E-state index >= 15 is 0 Å². The minimum atomic E-state index is 0.650. The fourth-order valence-corrected chi connectivity index (χ4v) is 1.57. The van der Waals surface area contributed by atoms with Crippen LogP contribution in [0.2, 0.25) is 0 Å². The number of anilines is 3. The van der Waals surface area contributed by atoms with Crippen LogP contribution in [0.15, 0.2) is 30.3 Å². The van der Waals surface area contributed by atoms with Gasteiger partial charge in [0.25, 0.3) is 0 Å². The molecule has 18 heavy (non-hydrogen) atoms. The molecule has 0 bridgehead atoms. The molecule has 0 N–H and O–H groups in total. The number of hydrogen-bond donors (Lipinski definition) is 0. The predicted molar refractivity (Wildman–Crippen MR) is 73.4 cm³/mol. The lowest BCUT2D eigenvalue weighted by atomic mass is 10.3. The molecule has 0 amide bonds. The average Bonchev–Trinajstić information content (AvgIpc) is 2.38. The smallest absolute Gasteiger partial charge is 0.234 e. The summed E-state index contributed by atoms with van der Waals surface area (Å²) < 4.78 is 0. The van der Waals surface area contributed by atoms with Gasteiger partial charge in [-0.3, -0.25) is 0 Å². The van der Waals surface area contributed by atoms with Gasteiger partial charge in [0.15, 0.2) is 0 Å². The minimum Gasteiger partial charge on any atom is -0.347 e. The van der Waals surface area contributed by atoms with Crippen LogP contribution in [-0.4, -0.2) is 36.1 Å². The Balaban J connectivity index is 2.39. The SMILES string of the molecule is Cc1nc(N(C)C)nc(N(C)c2ccccc2)n1. The fourth-order valence-electron chi connectivity index (χ4n) is 1.57. The third-order valence-corrected chi connectivity index (χ3v) is 2.57. The third kappa shape index (κ3) is 2.56. The van der Waals surface area contributed by atoms with E-state index < -0.39 is 0 Å². The van der Waals surface area contributed by atoms with Gasteiger partial charge in [-0.15, -0.1) is 0 Å². The standard InChI is InChI=1S/C13H17N5/c1-10-14-12(17(2)3)16-13(15-10)18(4)11-8-6-5-7-9-11/h5-9H,1-4H3. The lowest BCUT2D eigenvalue weighted by Gasteiger charge is -2.19. The molecule has 0 fully saturated rings. The summed E-state index contributed by atoms with van der Waals surface area (Å²) >= 11 is 0. The Morgan fingerprint density at radius 3 is 2.06 bits per heavy atom. The number of aromatic nitrogens is 3. The Kier molecular flexibility index (Phi) is 3.41. The van der Waals surface area contributed by atoms with Gasteiger partial charge in [0.2, 0.25) is 11.9 Å². The second-order valence-corrected chi connectivity index (χ2v) is 4.27. The molecular formula is C13H17N5. The zero-order valence-electron chi connectivity index (χ0n) is 11.1. The van der Waals surface area contributed by atoms with Gasteiger partial charge in [-0.25, -0.2) is 0 Å². The number of nitrogens with zero attached hydrogens (tertiary/aromatic N) is 5. The van der Waals surface area contributed by atoms with E-state index in [0.29, 0.717) is 17.7 Å². The van der Waals surface area contributed by atoms with Gasteiger partial charge >= 0.3 is 0 Å². The molecule has 1 aromatic carbocycles.